The second-order valence-corrected chi connectivity index (χ2v) is 18.6. The van der Waals surface area contributed by atoms with E-state index >= 15 is 0 Å². The molecule has 0 aromatic heterocycles. The lowest BCUT2D eigenvalue weighted by Gasteiger charge is -2.15. The number of ketones is 3. The summed E-state index contributed by atoms with van der Waals surface area (Å²) in [6, 6.07) is 4.94. The first-order valence-electron chi connectivity index (χ1n) is 25.5. The summed E-state index contributed by atoms with van der Waals surface area (Å²) in [6.45, 7) is 3.62. The van der Waals surface area contributed by atoms with Crippen LogP contribution < -0.4 is 26.0 Å². The van der Waals surface area contributed by atoms with Gasteiger partial charge in [0.1, 0.15) is 36.6 Å². The molecule has 0 saturated carbocycles. The zero-order chi connectivity index (χ0) is 53.9. The van der Waals surface area contributed by atoms with Gasteiger partial charge < -0.3 is 60.3 Å². The number of Topliss-reactive ketones (excluding diaryl/α,β-unsaturated/α-hetero) is 3. The molecule has 1 aromatic carbocycles. The van der Waals surface area contributed by atoms with Crippen molar-refractivity contribution in [3.05, 3.63) is 29.8 Å². The van der Waals surface area contributed by atoms with Gasteiger partial charge >= 0.3 is 17.9 Å². The number of aromatic carboxylic acids is 1. The molecule has 0 saturated heterocycles. The molecule has 3 atom stereocenters. The minimum Gasteiger partial charge on any atom is -0.494 e. The second-order valence-electron chi connectivity index (χ2n) is 17.5. The number of hydrogen-bond donors (Lipinski definition) is 7. The lowest BCUT2D eigenvalue weighted by Crippen LogP contribution is -2.42. The third-order valence-electron chi connectivity index (χ3n) is 11.3. The number of carboxylic acid groups (broad SMARTS) is 3. The van der Waals surface area contributed by atoms with Crippen molar-refractivity contribution >= 4 is 64.7 Å². The molecular weight excluding hydrogens is 973 g/mol. The van der Waals surface area contributed by atoms with Gasteiger partial charge in [0, 0.05) is 51.1 Å². The number of unbranched alkanes of at least 4 members (excludes halogenated alkanes) is 9. The number of carboxylic acids is 3. The van der Waals surface area contributed by atoms with Gasteiger partial charge in [0.2, 0.25) is 17.7 Å². The Morgan fingerprint density at radius 1 is 0.548 bits per heavy atom. The molecule has 1 aromatic rings. The average molecular weight is 1060 g/mol. The Bertz CT molecular complexity index is 1770. The topological polar surface area (TPSA) is 309 Å². The van der Waals surface area contributed by atoms with E-state index in [0.29, 0.717) is 63.4 Å². The summed E-state index contributed by atoms with van der Waals surface area (Å²) >= 11 is 1.24. The number of carbonyl (C=O) groups excluding carboxylic acids is 6. The largest absolute Gasteiger partial charge is 0.494 e. The van der Waals surface area contributed by atoms with Gasteiger partial charge in [0.15, 0.2) is 5.78 Å². The molecule has 73 heavy (non-hydrogen) atoms. The zero-order valence-electron chi connectivity index (χ0n) is 42.9. The quantitative estimate of drug-likeness (QED) is 0.0445. The van der Waals surface area contributed by atoms with Gasteiger partial charge in [-0.05, 0) is 83.2 Å². The third-order valence-corrected chi connectivity index (χ3v) is 12.3. The van der Waals surface area contributed by atoms with E-state index in [1.165, 1.54) is 30.8 Å². The predicted octanol–water partition coefficient (Wildman–Crippen LogP) is 4.40. The number of carbonyl (C=O) groups is 9. The van der Waals surface area contributed by atoms with Gasteiger partial charge in [-0.2, -0.15) is 0 Å². The fourth-order valence-corrected chi connectivity index (χ4v) is 8.07. The van der Waals surface area contributed by atoms with Gasteiger partial charge in [-0.25, -0.2) is 9.59 Å². The van der Waals surface area contributed by atoms with E-state index in [9.17, 15) is 53.4 Å². The Labute approximate surface area is 434 Å². The molecule has 0 unspecified atom stereocenters. The van der Waals surface area contributed by atoms with Gasteiger partial charge in [0.25, 0.3) is 0 Å². The number of thioether (sulfide) groups is 1. The molecule has 0 bridgehead atoms. The molecule has 0 aliphatic carbocycles. The lowest BCUT2D eigenvalue weighted by molar-refractivity contribution is -0.144. The minimum atomic E-state index is -1.15. The first-order valence-corrected chi connectivity index (χ1v) is 26.6. The van der Waals surface area contributed by atoms with Crippen LogP contribution in [0, 0.1) is 5.92 Å². The van der Waals surface area contributed by atoms with Gasteiger partial charge in [-0.15, -0.1) is 11.8 Å². The molecule has 414 valence electrons. The van der Waals surface area contributed by atoms with Crippen LogP contribution in [0.1, 0.15) is 133 Å². The number of nitrogens with one attached hydrogen (secondary N) is 4. The number of likely N-dealkylation sites (N-methyl/N-ethyl adjacent to an activating group) is 1. The molecule has 0 heterocycles. The van der Waals surface area contributed by atoms with E-state index in [-0.39, 0.29) is 131 Å². The maximum Gasteiger partial charge on any atom is 0.335 e. The zero-order valence-corrected chi connectivity index (χ0v) is 43.7. The van der Waals surface area contributed by atoms with Crippen molar-refractivity contribution in [3.8, 4) is 5.75 Å². The van der Waals surface area contributed by atoms with Crippen LogP contribution in [0.2, 0.25) is 0 Å². The monoisotopic (exact) mass is 1050 g/mol. The van der Waals surface area contributed by atoms with E-state index in [2.05, 4.69) is 21.3 Å². The van der Waals surface area contributed by atoms with Crippen LogP contribution >= 0.6 is 11.8 Å². The molecular formula is C51H82N4O17S. The SMILES string of the molecule is CN[C@@H](CSCC(=O)N[C@@H](CCCCNC(=O)COCCOCCCC(=O)COCCOCCNC(=O)CC[C@H](CC(=O)CCCCCCCCCCCOc1ccc(C(=O)O)cc1)C(=O)O)C(=O)O)C(C)=O. The van der Waals surface area contributed by atoms with E-state index < -0.39 is 35.8 Å². The van der Waals surface area contributed by atoms with E-state index in [1.54, 1.807) is 19.2 Å². The summed E-state index contributed by atoms with van der Waals surface area (Å²) in [7, 11) is 1.65. The first-order chi connectivity index (χ1) is 35.1. The van der Waals surface area contributed by atoms with Crippen LogP contribution in [0.15, 0.2) is 24.3 Å². The Morgan fingerprint density at radius 2 is 1.15 bits per heavy atom. The van der Waals surface area contributed by atoms with Crippen molar-refractivity contribution in [3.63, 3.8) is 0 Å². The summed E-state index contributed by atoms with van der Waals surface area (Å²) < 4.78 is 27.2. The summed E-state index contributed by atoms with van der Waals surface area (Å²) in [5.74, 6) is -4.40. The fraction of sp³-hybridized carbons (Fsp3) is 0.706. The summed E-state index contributed by atoms with van der Waals surface area (Å²) in [5.41, 5.74) is 0.228. The van der Waals surface area contributed by atoms with Crippen molar-refractivity contribution < 1.29 is 82.2 Å². The molecule has 0 spiro atoms. The summed E-state index contributed by atoms with van der Waals surface area (Å²) in [6.07, 6.45) is 11.2. The average Bonchev–Trinajstić information content (AvgIpc) is 3.35. The van der Waals surface area contributed by atoms with Crippen LogP contribution in [0.25, 0.3) is 0 Å². The van der Waals surface area contributed by atoms with E-state index in [1.807, 2.05) is 0 Å². The summed E-state index contributed by atoms with van der Waals surface area (Å²) in [5, 5.41) is 38.7. The van der Waals surface area contributed by atoms with Gasteiger partial charge in [0.05, 0.1) is 62.9 Å². The molecule has 21 nitrogen and oxygen atoms in total. The second kappa shape index (κ2) is 43.4. The molecule has 3 amide bonds. The highest BCUT2D eigenvalue weighted by Crippen LogP contribution is 2.17. The number of benzene rings is 1. The van der Waals surface area contributed by atoms with Crippen molar-refractivity contribution in [1.29, 1.82) is 0 Å². The smallest absolute Gasteiger partial charge is 0.335 e. The van der Waals surface area contributed by atoms with Crippen LogP contribution in [-0.4, -0.2) is 171 Å². The van der Waals surface area contributed by atoms with E-state index in [4.69, 9.17) is 28.8 Å². The van der Waals surface area contributed by atoms with Crippen LogP contribution in [0.3, 0.4) is 0 Å². The van der Waals surface area contributed by atoms with E-state index in [0.717, 1.165) is 51.4 Å². The molecule has 22 heteroatoms. The molecule has 1 rings (SSSR count). The van der Waals surface area contributed by atoms with Crippen molar-refractivity contribution in [1.82, 2.24) is 21.3 Å². The number of amides is 3. The van der Waals surface area contributed by atoms with Crippen molar-refractivity contribution in [2.75, 3.05) is 91.1 Å². The Morgan fingerprint density at radius 3 is 1.78 bits per heavy atom. The highest BCUT2D eigenvalue weighted by molar-refractivity contribution is 8.00. The summed E-state index contributed by atoms with van der Waals surface area (Å²) in [4.78, 5) is 107. The van der Waals surface area contributed by atoms with Crippen LogP contribution in [0.4, 0.5) is 0 Å². The van der Waals surface area contributed by atoms with Gasteiger partial charge in [-0.3, -0.25) is 33.6 Å². The Hall–Kier alpha value is -5.00. The Kier molecular flexibility index (Phi) is 39.3. The normalized spacial score (nSPS) is 12.3. The van der Waals surface area contributed by atoms with Gasteiger partial charge in [-0.1, -0.05) is 44.9 Å². The number of aliphatic carboxylic acids is 2. The van der Waals surface area contributed by atoms with Crippen molar-refractivity contribution in [2.45, 2.75) is 135 Å². The van der Waals surface area contributed by atoms with Crippen LogP contribution in [0.5, 0.6) is 5.75 Å². The number of hydrogen-bond acceptors (Lipinski definition) is 16. The highest BCUT2D eigenvalue weighted by Gasteiger charge is 2.23. The standard InChI is InChI=1S/C51H82N4O17S/c1-38(56)45(52-2)36-73-37-48(61)55-44(51(66)67)17-11-12-24-53-47(60)35-71-32-29-68-26-14-16-42(58)34-70-31-30-69-28-25-54-46(59)23-20-40(50(64)65)33-41(57)15-10-8-6-4-3-5-7-9-13-27-72-43-21-18-39(19-22-43)49(62)63/h18-19,21-22,40,44-45,52H,3-17,20,23-37H2,1-2H3,(H,53,60)(H,54,59)(H,55,61)(H,62,63)(H,64,65)(H,66,67)/t40-,44+,45+/m1/s1. The molecule has 7 N–H and O–H groups in total. The van der Waals surface area contributed by atoms with Crippen LogP contribution in [-0.2, 0) is 57.3 Å². The maximum atomic E-state index is 12.5. The number of rotatable bonds is 50. The highest BCUT2D eigenvalue weighted by atomic mass is 32.2. The van der Waals surface area contributed by atoms with Crippen molar-refractivity contribution in [2.24, 2.45) is 5.92 Å². The minimum absolute atomic E-state index is 0.0254. The molecule has 0 radical (unpaired) electrons. The molecule has 0 aliphatic rings. The first kappa shape index (κ1) is 66.0. The predicted molar refractivity (Wildman–Crippen MR) is 273 cm³/mol. The molecule has 0 fully saturated rings. The lowest BCUT2D eigenvalue weighted by atomic mass is 9.94. The maximum absolute atomic E-state index is 12.5. The third kappa shape index (κ3) is 37.4. The fourth-order valence-electron chi connectivity index (χ4n) is 7.04. The Balaban J connectivity index is 1.95. The number of ether oxygens (including phenoxy) is 5. The molecule has 0 aliphatic heterocycles.